The highest BCUT2D eigenvalue weighted by Gasteiger charge is 2.33. The van der Waals surface area contributed by atoms with Crippen molar-refractivity contribution in [3.05, 3.63) is 45.4 Å². The summed E-state index contributed by atoms with van der Waals surface area (Å²) >= 11 is 1.37. The Morgan fingerprint density at radius 3 is 2.71 bits per heavy atom. The number of aryl methyl sites for hydroxylation is 1. The minimum absolute atomic E-state index is 0.0928. The second kappa shape index (κ2) is 5.72. The summed E-state index contributed by atoms with van der Waals surface area (Å²) in [7, 11) is 0. The molecule has 0 aliphatic heterocycles. The van der Waals surface area contributed by atoms with Crippen LogP contribution in [0, 0.1) is 6.92 Å². The van der Waals surface area contributed by atoms with Crippen molar-refractivity contribution < 1.29 is 18.0 Å². The minimum Gasteiger partial charge on any atom is -0.398 e. The van der Waals surface area contributed by atoms with Crippen LogP contribution in [0.15, 0.2) is 23.6 Å². The number of thiazole rings is 1. The van der Waals surface area contributed by atoms with Gasteiger partial charge in [-0.2, -0.15) is 13.2 Å². The number of carbonyl (C=O) groups excluding carboxylic acids is 1. The van der Waals surface area contributed by atoms with Crippen molar-refractivity contribution >= 4 is 22.9 Å². The van der Waals surface area contributed by atoms with Crippen LogP contribution >= 0.6 is 11.3 Å². The number of benzene rings is 1. The normalized spacial score (nSPS) is 11.4. The third-order valence-corrected chi connectivity index (χ3v) is 3.65. The first kappa shape index (κ1) is 15.3. The zero-order chi connectivity index (χ0) is 15.6. The first-order valence-corrected chi connectivity index (χ1v) is 6.81. The van der Waals surface area contributed by atoms with Gasteiger partial charge in [-0.05, 0) is 25.1 Å². The number of hydrogen-bond acceptors (Lipinski definition) is 4. The summed E-state index contributed by atoms with van der Waals surface area (Å²) in [6.07, 6.45) is -4.59. The van der Waals surface area contributed by atoms with E-state index in [0.717, 1.165) is 17.8 Å². The number of anilines is 1. The quantitative estimate of drug-likeness (QED) is 0.856. The molecule has 21 heavy (non-hydrogen) atoms. The van der Waals surface area contributed by atoms with E-state index in [9.17, 15) is 18.0 Å². The lowest BCUT2D eigenvalue weighted by atomic mass is 10.1. The second-order valence-electron chi connectivity index (χ2n) is 4.37. The Bertz CT molecular complexity index is 667. The molecule has 0 saturated carbocycles. The van der Waals surface area contributed by atoms with E-state index in [2.05, 4.69) is 10.3 Å². The van der Waals surface area contributed by atoms with Crippen LogP contribution in [-0.4, -0.2) is 10.9 Å². The van der Waals surface area contributed by atoms with Crippen LogP contribution in [0.5, 0.6) is 0 Å². The Hall–Kier alpha value is -2.09. The van der Waals surface area contributed by atoms with Gasteiger partial charge in [-0.3, -0.25) is 4.79 Å². The molecule has 4 nitrogen and oxygen atoms in total. The van der Waals surface area contributed by atoms with Crippen LogP contribution in [0.25, 0.3) is 0 Å². The van der Waals surface area contributed by atoms with Crippen molar-refractivity contribution in [2.45, 2.75) is 19.6 Å². The monoisotopic (exact) mass is 315 g/mol. The highest BCUT2D eigenvalue weighted by atomic mass is 32.1. The highest BCUT2D eigenvalue weighted by molar-refractivity contribution is 7.09. The number of aromatic nitrogens is 1. The fourth-order valence-corrected chi connectivity index (χ4v) is 2.40. The van der Waals surface area contributed by atoms with Gasteiger partial charge in [0, 0.05) is 22.3 Å². The van der Waals surface area contributed by atoms with Gasteiger partial charge in [0.15, 0.2) is 0 Å². The number of hydrogen-bond donors (Lipinski definition) is 2. The van der Waals surface area contributed by atoms with E-state index in [1.165, 1.54) is 17.4 Å². The summed E-state index contributed by atoms with van der Waals surface area (Å²) < 4.78 is 38.2. The molecule has 0 aliphatic rings. The summed E-state index contributed by atoms with van der Waals surface area (Å²) in [5, 5.41) is 5.04. The molecule has 0 radical (unpaired) electrons. The number of nitrogens with one attached hydrogen (secondary N) is 1. The van der Waals surface area contributed by atoms with E-state index in [1.54, 1.807) is 0 Å². The number of carbonyl (C=O) groups is 1. The smallest absolute Gasteiger partial charge is 0.398 e. The third kappa shape index (κ3) is 3.72. The molecular formula is C13H12F3N3OS. The average Bonchev–Trinajstić information content (AvgIpc) is 2.81. The molecule has 3 N–H and O–H groups in total. The van der Waals surface area contributed by atoms with E-state index in [1.807, 2.05) is 12.3 Å². The number of nitrogens with two attached hydrogens (primary N) is 1. The predicted octanol–water partition coefficient (Wildman–Crippen LogP) is 2.98. The maximum Gasteiger partial charge on any atom is 0.418 e. The Balaban J connectivity index is 2.12. The minimum atomic E-state index is -4.59. The van der Waals surface area contributed by atoms with Gasteiger partial charge in [-0.15, -0.1) is 11.3 Å². The lowest BCUT2D eigenvalue weighted by molar-refractivity contribution is -0.136. The Morgan fingerprint density at radius 2 is 2.14 bits per heavy atom. The van der Waals surface area contributed by atoms with E-state index in [4.69, 9.17) is 5.73 Å². The van der Waals surface area contributed by atoms with Crippen LogP contribution < -0.4 is 11.1 Å². The summed E-state index contributed by atoms with van der Waals surface area (Å²) in [6, 6.07) is 3.08. The molecule has 1 aromatic heterocycles. The number of nitrogens with zero attached hydrogens (tertiary/aromatic N) is 1. The summed E-state index contributed by atoms with van der Waals surface area (Å²) in [4.78, 5) is 16.0. The summed E-state index contributed by atoms with van der Waals surface area (Å²) in [6.45, 7) is 1.99. The van der Waals surface area contributed by atoms with Gasteiger partial charge in [0.05, 0.1) is 12.1 Å². The zero-order valence-electron chi connectivity index (χ0n) is 11.0. The molecule has 0 aliphatic carbocycles. The van der Waals surface area contributed by atoms with Crippen molar-refractivity contribution in [3.63, 3.8) is 0 Å². The number of rotatable bonds is 3. The molecular weight excluding hydrogens is 303 g/mol. The Morgan fingerprint density at radius 1 is 1.43 bits per heavy atom. The molecule has 8 heteroatoms. The SMILES string of the molecule is Cc1csc(CNC(=O)c2ccc(N)c(C(F)(F)F)c2)n1. The largest absolute Gasteiger partial charge is 0.418 e. The van der Waals surface area contributed by atoms with Crippen LogP contribution in [0.1, 0.15) is 26.6 Å². The van der Waals surface area contributed by atoms with Gasteiger partial charge in [-0.1, -0.05) is 0 Å². The molecule has 1 amide bonds. The first-order chi connectivity index (χ1) is 9.77. The Labute approximate surface area is 122 Å². The first-order valence-electron chi connectivity index (χ1n) is 5.93. The Kier molecular flexibility index (Phi) is 4.17. The van der Waals surface area contributed by atoms with Crippen molar-refractivity contribution in [2.24, 2.45) is 0 Å². The predicted molar refractivity (Wildman–Crippen MR) is 73.9 cm³/mol. The maximum absolute atomic E-state index is 12.7. The highest BCUT2D eigenvalue weighted by Crippen LogP contribution is 2.33. The lowest BCUT2D eigenvalue weighted by Gasteiger charge is -2.11. The number of nitrogen functional groups attached to an aromatic ring is 1. The van der Waals surface area contributed by atoms with Gasteiger partial charge in [0.25, 0.3) is 5.91 Å². The average molecular weight is 315 g/mol. The van der Waals surface area contributed by atoms with Crippen molar-refractivity contribution in [1.29, 1.82) is 0 Å². The number of halogens is 3. The topological polar surface area (TPSA) is 68.0 Å². The van der Waals surface area contributed by atoms with Crippen LogP contribution in [0.2, 0.25) is 0 Å². The van der Waals surface area contributed by atoms with Gasteiger partial charge in [-0.25, -0.2) is 4.98 Å². The summed E-state index contributed by atoms with van der Waals surface area (Å²) in [5.74, 6) is -0.603. The molecule has 0 unspecified atom stereocenters. The standard InChI is InChI=1S/C13H12F3N3OS/c1-7-6-21-11(19-7)5-18-12(20)8-2-3-10(17)9(4-8)13(14,15)16/h2-4,6H,5,17H2,1H3,(H,18,20). The van der Waals surface area contributed by atoms with Crippen molar-refractivity contribution in [3.8, 4) is 0 Å². The van der Waals surface area contributed by atoms with Crippen LogP contribution in [-0.2, 0) is 12.7 Å². The van der Waals surface area contributed by atoms with Crippen molar-refractivity contribution in [2.75, 3.05) is 5.73 Å². The van der Waals surface area contributed by atoms with Gasteiger partial charge in [0.2, 0.25) is 0 Å². The van der Waals surface area contributed by atoms with Gasteiger partial charge >= 0.3 is 6.18 Å². The zero-order valence-corrected chi connectivity index (χ0v) is 11.8. The molecule has 2 rings (SSSR count). The molecule has 0 spiro atoms. The van der Waals surface area contributed by atoms with Crippen LogP contribution in [0.3, 0.4) is 0 Å². The van der Waals surface area contributed by atoms with E-state index >= 15 is 0 Å². The molecule has 1 aromatic carbocycles. The fraction of sp³-hybridized carbons (Fsp3) is 0.231. The molecule has 0 saturated heterocycles. The molecule has 0 fully saturated rings. The molecule has 2 aromatic rings. The maximum atomic E-state index is 12.7. The third-order valence-electron chi connectivity index (χ3n) is 2.69. The molecule has 0 atom stereocenters. The van der Waals surface area contributed by atoms with Crippen molar-refractivity contribution in [1.82, 2.24) is 10.3 Å². The second-order valence-corrected chi connectivity index (χ2v) is 5.31. The summed E-state index contributed by atoms with van der Waals surface area (Å²) in [5.41, 5.74) is 4.60. The number of alkyl halides is 3. The lowest BCUT2D eigenvalue weighted by Crippen LogP contribution is -2.23. The van der Waals surface area contributed by atoms with Gasteiger partial charge in [0.1, 0.15) is 5.01 Å². The molecule has 0 bridgehead atoms. The van der Waals surface area contributed by atoms with Gasteiger partial charge < -0.3 is 11.1 Å². The number of amides is 1. The molecule has 1 heterocycles. The van der Waals surface area contributed by atoms with E-state index in [-0.39, 0.29) is 12.1 Å². The van der Waals surface area contributed by atoms with E-state index < -0.39 is 23.3 Å². The fourth-order valence-electron chi connectivity index (χ4n) is 1.68. The van der Waals surface area contributed by atoms with Crippen LogP contribution in [0.4, 0.5) is 18.9 Å². The van der Waals surface area contributed by atoms with E-state index in [0.29, 0.717) is 5.01 Å². The molecule has 112 valence electrons.